The Kier molecular flexibility index (Phi) is 4.53. The Morgan fingerprint density at radius 2 is 2.04 bits per heavy atom. The molecule has 0 aromatic heterocycles. The van der Waals surface area contributed by atoms with Crippen LogP contribution in [0.4, 0.5) is 10.1 Å². The van der Waals surface area contributed by atoms with E-state index in [2.05, 4.69) is 0 Å². The zero-order valence-corrected chi connectivity index (χ0v) is 13.5. The molecule has 0 spiro atoms. The molecule has 3 rings (SSSR count). The summed E-state index contributed by atoms with van der Waals surface area (Å²) in [6.45, 7) is 2.74. The van der Waals surface area contributed by atoms with E-state index in [1.807, 2.05) is 17.0 Å². The molecule has 120 valence electrons. The maximum Gasteiger partial charge on any atom is 0.333 e. The number of hydrogen-bond donors (Lipinski definition) is 0. The Morgan fingerprint density at radius 1 is 1.30 bits per heavy atom. The molecule has 3 nitrogen and oxygen atoms in total. The second-order valence-corrected chi connectivity index (χ2v) is 5.85. The lowest BCUT2D eigenvalue weighted by atomic mass is 9.92. The van der Waals surface area contributed by atoms with Crippen LogP contribution < -0.4 is 4.90 Å². The van der Waals surface area contributed by atoms with Gasteiger partial charge in [0.2, 0.25) is 0 Å². The number of fused-ring (bicyclic) bond motifs is 1. The largest absolute Gasteiger partial charge is 0.464 e. The van der Waals surface area contributed by atoms with Crippen LogP contribution in [0, 0.1) is 5.82 Å². The van der Waals surface area contributed by atoms with Crippen molar-refractivity contribution in [3.8, 4) is 0 Å². The van der Waals surface area contributed by atoms with E-state index in [0.29, 0.717) is 18.2 Å². The Morgan fingerprint density at radius 3 is 2.74 bits per heavy atom. The average molecular weight is 334 g/mol. The molecule has 0 aliphatic carbocycles. The van der Waals surface area contributed by atoms with Crippen LogP contribution >= 0.6 is 11.6 Å². The van der Waals surface area contributed by atoms with Gasteiger partial charge in [0, 0.05) is 17.3 Å². The van der Waals surface area contributed by atoms with Crippen LogP contribution in [0.15, 0.2) is 42.5 Å². The van der Waals surface area contributed by atoms with Crippen molar-refractivity contribution in [3.63, 3.8) is 0 Å². The Hall–Kier alpha value is -2.07. The number of rotatable bonds is 3. The van der Waals surface area contributed by atoms with Gasteiger partial charge in [0.25, 0.3) is 0 Å². The third-order valence-corrected chi connectivity index (χ3v) is 4.24. The summed E-state index contributed by atoms with van der Waals surface area (Å²) in [7, 11) is 0. The summed E-state index contributed by atoms with van der Waals surface area (Å²) >= 11 is 6.06. The molecule has 1 atom stereocenters. The van der Waals surface area contributed by atoms with Crippen LogP contribution in [-0.4, -0.2) is 19.1 Å². The van der Waals surface area contributed by atoms with Gasteiger partial charge in [0.15, 0.2) is 6.04 Å². The fraction of sp³-hybridized carbons (Fsp3) is 0.278. The quantitative estimate of drug-likeness (QED) is 0.790. The van der Waals surface area contributed by atoms with E-state index >= 15 is 0 Å². The van der Waals surface area contributed by atoms with Gasteiger partial charge in [0.05, 0.1) is 6.61 Å². The molecule has 23 heavy (non-hydrogen) atoms. The Labute approximate surface area is 139 Å². The molecule has 1 unspecified atom stereocenters. The lowest BCUT2D eigenvalue weighted by molar-refractivity contribution is -0.145. The predicted octanol–water partition coefficient (Wildman–Crippen LogP) is 4.15. The molecule has 0 radical (unpaired) electrons. The predicted molar refractivity (Wildman–Crippen MR) is 88.3 cm³/mol. The van der Waals surface area contributed by atoms with Crippen LogP contribution in [-0.2, 0) is 16.0 Å². The van der Waals surface area contributed by atoms with Crippen LogP contribution in [0.25, 0.3) is 0 Å². The summed E-state index contributed by atoms with van der Waals surface area (Å²) in [6, 6.07) is 11.2. The highest BCUT2D eigenvalue weighted by Crippen LogP contribution is 2.35. The molecule has 0 amide bonds. The molecule has 0 N–H and O–H groups in total. The van der Waals surface area contributed by atoms with E-state index < -0.39 is 6.04 Å². The van der Waals surface area contributed by atoms with E-state index in [-0.39, 0.29) is 11.8 Å². The summed E-state index contributed by atoms with van der Waals surface area (Å²) in [6.07, 6.45) is 0.767. The van der Waals surface area contributed by atoms with Crippen molar-refractivity contribution >= 4 is 23.3 Å². The molecule has 0 saturated carbocycles. The third-order valence-electron chi connectivity index (χ3n) is 4.00. The van der Waals surface area contributed by atoms with Crippen molar-refractivity contribution in [1.82, 2.24) is 0 Å². The van der Waals surface area contributed by atoms with E-state index in [4.69, 9.17) is 16.3 Å². The maximum absolute atomic E-state index is 13.2. The second-order valence-electron chi connectivity index (χ2n) is 5.42. The van der Waals surface area contributed by atoms with Gasteiger partial charge in [-0.1, -0.05) is 17.7 Å². The first-order chi connectivity index (χ1) is 11.1. The molecule has 0 fully saturated rings. The zero-order chi connectivity index (χ0) is 16.4. The molecule has 2 aromatic carbocycles. The van der Waals surface area contributed by atoms with Crippen LogP contribution in [0.5, 0.6) is 0 Å². The lowest BCUT2D eigenvalue weighted by Gasteiger charge is -2.37. The van der Waals surface area contributed by atoms with E-state index in [1.54, 1.807) is 25.1 Å². The van der Waals surface area contributed by atoms with Gasteiger partial charge in [-0.2, -0.15) is 0 Å². The first-order valence-corrected chi connectivity index (χ1v) is 7.95. The molecule has 2 aromatic rings. The summed E-state index contributed by atoms with van der Waals surface area (Å²) in [5.74, 6) is -0.606. The molecule has 0 saturated heterocycles. The fourth-order valence-corrected chi connectivity index (χ4v) is 3.18. The molecular weight excluding hydrogens is 317 g/mol. The second kappa shape index (κ2) is 6.59. The number of esters is 1. The smallest absolute Gasteiger partial charge is 0.333 e. The van der Waals surface area contributed by atoms with Crippen molar-refractivity contribution in [2.24, 2.45) is 0 Å². The average Bonchev–Trinajstić information content (AvgIpc) is 2.54. The van der Waals surface area contributed by atoms with Crippen molar-refractivity contribution in [3.05, 3.63) is 64.4 Å². The SMILES string of the molecule is CCOC(=O)C1c2ccc(Cl)cc2CCN1c1ccc(F)cc1. The number of anilines is 1. The minimum atomic E-state index is -0.540. The Bertz CT molecular complexity index is 717. The molecule has 5 heteroatoms. The van der Waals surface area contributed by atoms with Crippen molar-refractivity contribution in [2.75, 3.05) is 18.1 Å². The fourth-order valence-electron chi connectivity index (χ4n) is 2.98. The minimum Gasteiger partial charge on any atom is -0.464 e. The van der Waals surface area contributed by atoms with Gasteiger partial charge in [-0.3, -0.25) is 0 Å². The third kappa shape index (κ3) is 3.17. The minimum absolute atomic E-state index is 0.300. The number of ether oxygens (including phenoxy) is 1. The van der Waals surface area contributed by atoms with Gasteiger partial charge in [-0.05, 0) is 60.9 Å². The molecule has 1 aliphatic rings. The van der Waals surface area contributed by atoms with E-state index in [9.17, 15) is 9.18 Å². The van der Waals surface area contributed by atoms with Gasteiger partial charge in [-0.25, -0.2) is 9.18 Å². The number of hydrogen-bond acceptors (Lipinski definition) is 3. The van der Waals surface area contributed by atoms with E-state index in [1.165, 1.54) is 12.1 Å². The van der Waals surface area contributed by atoms with Crippen LogP contribution in [0.2, 0.25) is 5.02 Å². The lowest BCUT2D eigenvalue weighted by Crippen LogP contribution is -2.40. The standard InChI is InChI=1S/C18H17ClFNO2/c1-2-23-18(22)17-16-8-3-13(19)11-12(16)9-10-21(17)15-6-4-14(20)5-7-15/h3-8,11,17H,2,9-10H2,1H3. The van der Waals surface area contributed by atoms with Gasteiger partial charge in [-0.15, -0.1) is 0 Å². The number of halogens is 2. The maximum atomic E-state index is 13.2. The van der Waals surface area contributed by atoms with E-state index in [0.717, 1.165) is 23.2 Å². The number of carbonyl (C=O) groups excluding carboxylic acids is 1. The highest BCUT2D eigenvalue weighted by molar-refractivity contribution is 6.30. The zero-order valence-electron chi connectivity index (χ0n) is 12.8. The molecule has 1 aliphatic heterocycles. The van der Waals surface area contributed by atoms with Crippen LogP contribution in [0.3, 0.4) is 0 Å². The number of nitrogens with zero attached hydrogens (tertiary/aromatic N) is 1. The molecular formula is C18H17ClFNO2. The summed E-state index contributed by atoms with van der Waals surface area (Å²) in [4.78, 5) is 14.5. The summed E-state index contributed by atoms with van der Waals surface area (Å²) < 4.78 is 18.4. The first-order valence-electron chi connectivity index (χ1n) is 7.57. The summed E-state index contributed by atoms with van der Waals surface area (Å²) in [5.41, 5.74) is 2.74. The normalized spacial score (nSPS) is 16.8. The summed E-state index contributed by atoms with van der Waals surface area (Å²) in [5, 5.41) is 0.654. The van der Waals surface area contributed by atoms with Crippen LogP contribution in [0.1, 0.15) is 24.1 Å². The van der Waals surface area contributed by atoms with Gasteiger partial charge in [0.1, 0.15) is 5.82 Å². The van der Waals surface area contributed by atoms with Crippen molar-refractivity contribution in [1.29, 1.82) is 0 Å². The van der Waals surface area contributed by atoms with Crippen molar-refractivity contribution < 1.29 is 13.9 Å². The number of carbonyl (C=O) groups is 1. The first kappa shape index (κ1) is 15.8. The molecule has 1 heterocycles. The highest BCUT2D eigenvalue weighted by Gasteiger charge is 2.34. The van der Waals surface area contributed by atoms with Gasteiger partial charge < -0.3 is 9.64 Å². The monoisotopic (exact) mass is 333 g/mol. The molecule has 0 bridgehead atoms. The Balaban J connectivity index is 2.03. The topological polar surface area (TPSA) is 29.5 Å². The van der Waals surface area contributed by atoms with Gasteiger partial charge >= 0.3 is 5.97 Å². The van der Waals surface area contributed by atoms with Crippen molar-refractivity contribution in [2.45, 2.75) is 19.4 Å². The highest BCUT2D eigenvalue weighted by atomic mass is 35.5. The number of benzene rings is 2.